The van der Waals surface area contributed by atoms with Gasteiger partial charge in [-0.2, -0.15) is 9.40 Å². The van der Waals surface area contributed by atoms with E-state index >= 15 is 0 Å². The zero-order valence-electron chi connectivity index (χ0n) is 15.7. The number of H-pyrrole nitrogens is 1. The average Bonchev–Trinajstić information content (AvgIpc) is 3.10. The highest BCUT2D eigenvalue weighted by atomic mass is 32.2. The van der Waals surface area contributed by atoms with E-state index in [1.54, 1.807) is 0 Å². The lowest BCUT2D eigenvalue weighted by atomic mass is 10.1. The van der Waals surface area contributed by atoms with E-state index in [0.717, 1.165) is 27.8 Å². The van der Waals surface area contributed by atoms with Gasteiger partial charge in [0.25, 0.3) is 0 Å². The zero-order chi connectivity index (χ0) is 19.7. The van der Waals surface area contributed by atoms with Gasteiger partial charge in [-0.15, -0.1) is 0 Å². The van der Waals surface area contributed by atoms with E-state index in [1.807, 2.05) is 54.6 Å². The lowest BCUT2D eigenvalue weighted by Gasteiger charge is -2.34. The molecule has 3 N–H and O–H groups in total. The highest BCUT2D eigenvalue weighted by Gasteiger charge is 2.23. The molecule has 1 saturated heterocycles. The van der Waals surface area contributed by atoms with Crippen LogP contribution >= 0.6 is 0 Å². The number of para-hydroxylation sites is 1. The topological polar surface area (TPSA) is 95.3 Å². The minimum absolute atomic E-state index is 0.493. The molecule has 1 fully saturated rings. The van der Waals surface area contributed by atoms with Crippen LogP contribution in [0.5, 0.6) is 0 Å². The second-order valence-corrected chi connectivity index (χ2v) is 8.93. The molecule has 0 amide bonds. The molecule has 8 heteroatoms. The van der Waals surface area contributed by atoms with Crippen LogP contribution in [0, 0.1) is 0 Å². The van der Waals surface area contributed by atoms with Crippen molar-refractivity contribution in [1.29, 1.82) is 0 Å². The molecule has 2 heterocycles. The van der Waals surface area contributed by atoms with E-state index in [9.17, 15) is 8.42 Å². The van der Waals surface area contributed by atoms with Crippen molar-refractivity contribution in [3.8, 4) is 0 Å². The number of nitrogens with zero attached hydrogens (tertiary/aromatic N) is 3. The first-order valence-corrected chi connectivity index (χ1v) is 11.0. The molecule has 1 aliphatic heterocycles. The summed E-state index contributed by atoms with van der Waals surface area (Å²) in [5.41, 5.74) is 10.7. The third-order valence-corrected chi connectivity index (χ3v) is 6.37. The molecule has 0 aliphatic carbocycles. The van der Waals surface area contributed by atoms with Crippen LogP contribution < -0.4 is 10.6 Å². The Bertz CT molecular complexity index is 1130. The van der Waals surface area contributed by atoms with Gasteiger partial charge in [0.1, 0.15) is 0 Å². The molecule has 0 unspecified atom stereocenters. The van der Waals surface area contributed by atoms with Crippen LogP contribution in [0.4, 0.5) is 11.4 Å². The number of hydrogen-bond acceptors (Lipinski definition) is 5. The number of fused-ring (bicyclic) bond motifs is 1. The smallest absolute Gasteiger partial charge is 0.211 e. The number of anilines is 2. The van der Waals surface area contributed by atoms with Crippen molar-refractivity contribution in [3.63, 3.8) is 0 Å². The Kier molecular flexibility index (Phi) is 4.82. The van der Waals surface area contributed by atoms with E-state index in [4.69, 9.17) is 5.73 Å². The number of hydrogen-bond donors (Lipinski definition) is 2. The first kappa shape index (κ1) is 18.5. The summed E-state index contributed by atoms with van der Waals surface area (Å²) < 4.78 is 24.8. The second-order valence-electron chi connectivity index (χ2n) is 6.95. The van der Waals surface area contributed by atoms with Gasteiger partial charge in [0.15, 0.2) is 0 Å². The minimum Gasteiger partial charge on any atom is -0.398 e. The molecular weight excluding hydrogens is 374 g/mol. The minimum atomic E-state index is -3.13. The molecule has 7 nitrogen and oxygen atoms in total. The summed E-state index contributed by atoms with van der Waals surface area (Å²) >= 11 is 0. The normalized spacial score (nSPS) is 16.2. The van der Waals surface area contributed by atoms with Gasteiger partial charge >= 0.3 is 0 Å². The van der Waals surface area contributed by atoms with Crippen molar-refractivity contribution in [2.75, 3.05) is 43.1 Å². The summed E-state index contributed by atoms with van der Waals surface area (Å²) in [4.78, 5) is 2.16. The highest BCUT2D eigenvalue weighted by Crippen LogP contribution is 2.25. The lowest BCUT2D eigenvalue weighted by Crippen LogP contribution is -2.48. The Hall–Kier alpha value is -2.84. The molecule has 3 aromatic rings. The van der Waals surface area contributed by atoms with Crippen LogP contribution in [0.2, 0.25) is 0 Å². The Balaban J connectivity index is 1.49. The number of nitrogens with two attached hydrogens (primary N) is 1. The summed E-state index contributed by atoms with van der Waals surface area (Å²) in [5, 5.41) is 8.43. The van der Waals surface area contributed by atoms with Crippen molar-refractivity contribution in [2.24, 2.45) is 0 Å². The van der Waals surface area contributed by atoms with Crippen molar-refractivity contribution in [2.45, 2.75) is 0 Å². The molecular formula is C20H23N5O2S. The quantitative estimate of drug-likeness (QED) is 0.659. The molecule has 146 valence electrons. The number of sulfonamides is 1. The van der Waals surface area contributed by atoms with E-state index in [1.165, 1.54) is 10.6 Å². The summed E-state index contributed by atoms with van der Waals surface area (Å²) in [7, 11) is -3.13. The SMILES string of the molecule is CS(=O)(=O)N1CCN(c2ccc(C=Cc3n[nH]c4ccccc34)c(N)c2)CC1. The predicted octanol–water partition coefficient (Wildman–Crippen LogP) is 2.40. The third kappa shape index (κ3) is 3.74. The van der Waals surface area contributed by atoms with Gasteiger partial charge in [-0.25, -0.2) is 8.42 Å². The third-order valence-electron chi connectivity index (χ3n) is 5.06. The van der Waals surface area contributed by atoms with Gasteiger partial charge < -0.3 is 10.6 Å². The maximum atomic E-state index is 11.7. The van der Waals surface area contributed by atoms with Crippen LogP contribution in [0.15, 0.2) is 42.5 Å². The summed E-state index contributed by atoms with van der Waals surface area (Å²) in [6, 6.07) is 13.9. The van der Waals surface area contributed by atoms with Gasteiger partial charge in [-0.1, -0.05) is 30.3 Å². The maximum Gasteiger partial charge on any atom is 0.211 e. The van der Waals surface area contributed by atoms with Gasteiger partial charge in [0, 0.05) is 42.9 Å². The monoisotopic (exact) mass is 397 g/mol. The van der Waals surface area contributed by atoms with Crippen molar-refractivity contribution < 1.29 is 8.42 Å². The lowest BCUT2D eigenvalue weighted by molar-refractivity contribution is 0.388. The molecule has 1 aromatic heterocycles. The highest BCUT2D eigenvalue weighted by molar-refractivity contribution is 7.88. The first-order chi connectivity index (χ1) is 13.4. The number of nitrogens with one attached hydrogen (secondary N) is 1. The fraction of sp³-hybridized carbons (Fsp3) is 0.250. The van der Waals surface area contributed by atoms with Crippen LogP contribution in [0.1, 0.15) is 11.3 Å². The van der Waals surface area contributed by atoms with Gasteiger partial charge in [0.05, 0.1) is 17.5 Å². The Morgan fingerprint density at radius 3 is 2.54 bits per heavy atom. The number of rotatable bonds is 4. The second kappa shape index (κ2) is 7.29. The Morgan fingerprint density at radius 1 is 1.07 bits per heavy atom. The van der Waals surface area contributed by atoms with E-state index in [0.29, 0.717) is 31.9 Å². The molecule has 0 spiro atoms. The zero-order valence-corrected chi connectivity index (χ0v) is 16.5. The van der Waals surface area contributed by atoms with E-state index in [-0.39, 0.29) is 0 Å². The van der Waals surface area contributed by atoms with E-state index in [2.05, 4.69) is 15.1 Å². The largest absolute Gasteiger partial charge is 0.398 e. The van der Waals surface area contributed by atoms with Gasteiger partial charge in [0.2, 0.25) is 10.0 Å². The van der Waals surface area contributed by atoms with Crippen LogP contribution in [-0.2, 0) is 10.0 Å². The molecule has 0 radical (unpaired) electrons. The van der Waals surface area contributed by atoms with Crippen LogP contribution in [0.3, 0.4) is 0 Å². The molecule has 28 heavy (non-hydrogen) atoms. The standard InChI is InChI=1S/C20H23N5O2S/c1-28(26,27)25-12-10-24(11-13-25)16-8-6-15(18(21)14-16)7-9-20-17-4-2-3-5-19(17)22-23-20/h2-9,14H,10-13,21H2,1H3,(H,22,23). The summed E-state index contributed by atoms with van der Waals surface area (Å²) in [6.45, 7) is 2.29. The molecule has 2 aromatic carbocycles. The summed E-state index contributed by atoms with van der Waals surface area (Å²) in [5.74, 6) is 0. The predicted molar refractivity (Wildman–Crippen MR) is 115 cm³/mol. The number of aromatic nitrogens is 2. The number of piperazine rings is 1. The fourth-order valence-electron chi connectivity index (χ4n) is 3.47. The van der Waals surface area contributed by atoms with Gasteiger partial charge in [-0.05, 0) is 29.8 Å². The van der Waals surface area contributed by atoms with Crippen LogP contribution in [0.25, 0.3) is 23.1 Å². The molecule has 1 aliphatic rings. The molecule has 0 atom stereocenters. The van der Waals surface area contributed by atoms with Crippen molar-refractivity contribution in [1.82, 2.24) is 14.5 Å². The van der Waals surface area contributed by atoms with Gasteiger partial charge in [-0.3, -0.25) is 5.10 Å². The maximum absolute atomic E-state index is 11.7. The molecule has 0 bridgehead atoms. The van der Waals surface area contributed by atoms with E-state index < -0.39 is 10.0 Å². The Labute approximate surface area is 164 Å². The average molecular weight is 398 g/mol. The first-order valence-electron chi connectivity index (χ1n) is 9.12. The number of nitrogen functional groups attached to an aromatic ring is 1. The number of benzene rings is 2. The van der Waals surface area contributed by atoms with Crippen molar-refractivity contribution >= 4 is 44.5 Å². The fourth-order valence-corrected chi connectivity index (χ4v) is 4.30. The molecule has 0 saturated carbocycles. The molecule has 4 rings (SSSR count). The van der Waals surface area contributed by atoms with Crippen molar-refractivity contribution in [3.05, 3.63) is 53.7 Å². The number of aromatic amines is 1. The van der Waals surface area contributed by atoms with Crippen LogP contribution in [-0.4, -0.2) is 55.4 Å². The Morgan fingerprint density at radius 2 is 1.82 bits per heavy atom. The summed E-state index contributed by atoms with van der Waals surface area (Å²) in [6.07, 6.45) is 5.17.